The molecule has 0 spiro atoms. The first-order valence-electron chi connectivity index (χ1n) is 7.35. The smallest absolute Gasteiger partial charge is 0.124 e. The van der Waals surface area contributed by atoms with Crippen LogP contribution in [0.2, 0.25) is 0 Å². The first kappa shape index (κ1) is 15.4. The summed E-state index contributed by atoms with van der Waals surface area (Å²) in [5.74, 6) is 0.929. The number of hydrogen-bond donors (Lipinski definition) is 1. The first-order chi connectivity index (χ1) is 10.1. The van der Waals surface area contributed by atoms with Gasteiger partial charge in [-0.3, -0.25) is 9.97 Å². The van der Waals surface area contributed by atoms with E-state index in [1.165, 1.54) is 0 Å². The largest absolute Gasteiger partial charge is 0.491 e. The molecule has 0 fully saturated rings. The highest BCUT2D eigenvalue weighted by molar-refractivity contribution is 5.36. The van der Waals surface area contributed by atoms with Crippen molar-refractivity contribution in [3.05, 3.63) is 54.1 Å². The van der Waals surface area contributed by atoms with Crippen LogP contribution in [0.25, 0.3) is 0 Å². The van der Waals surface area contributed by atoms with E-state index in [9.17, 15) is 0 Å². The van der Waals surface area contributed by atoms with Crippen LogP contribution >= 0.6 is 0 Å². The maximum atomic E-state index is 5.89. The van der Waals surface area contributed by atoms with Crippen molar-refractivity contribution in [3.63, 3.8) is 0 Å². The fourth-order valence-corrected chi connectivity index (χ4v) is 2.28. The number of aromatic nitrogens is 2. The monoisotopic (exact) mass is 285 g/mol. The lowest BCUT2D eigenvalue weighted by atomic mass is 10.1. The summed E-state index contributed by atoms with van der Waals surface area (Å²) in [6, 6.07) is 8.44. The van der Waals surface area contributed by atoms with E-state index in [4.69, 9.17) is 4.74 Å². The van der Waals surface area contributed by atoms with Gasteiger partial charge in [0.1, 0.15) is 5.75 Å². The van der Waals surface area contributed by atoms with Gasteiger partial charge >= 0.3 is 0 Å². The van der Waals surface area contributed by atoms with Crippen LogP contribution in [0.15, 0.2) is 42.9 Å². The second kappa shape index (κ2) is 7.18. The Labute approximate surface area is 126 Å². The molecule has 0 amide bonds. The van der Waals surface area contributed by atoms with Crippen LogP contribution in [-0.4, -0.2) is 16.1 Å². The molecule has 1 heterocycles. The third kappa shape index (κ3) is 4.26. The lowest BCUT2D eigenvalue weighted by molar-refractivity contribution is 0.237. The van der Waals surface area contributed by atoms with E-state index in [-0.39, 0.29) is 18.2 Å². The minimum atomic E-state index is 0.126. The maximum Gasteiger partial charge on any atom is 0.124 e. The minimum absolute atomic E-state index is 0.126. The van der Waals surface area contributed by atoms with Gasteiger partial charge in [-0.2, -0.15) is 0 Å². The Morgan fingerprint density at radius 1 is 1.00 bits per heavy atom. The van der Waals surface area contributed by atoms with Crippen molar-refractivity contribution >= 4 is 0 Å². The van der Waals surface area contributed by atoms with Crippen molar-refractivity contribution in [1.29, 1.82) is 0 Å². The number of hydrogen-bond acceptors (Lipinski definition) is 4. The summed E-state index contributed by atoms with van der Waals surface area (Å²) in [6.45, 7) is 8.30. The molecule has 1 aromatic carbocycles. The molecule has 2 aromatic rings. The number of nitrogens with zero attached hydrogens (tertiary/aromatic N) is 2. The third-order valence-electron chi connectivity index (χ3n) is 3.27. The summed E-state index contributed by atoms with van der Waals surface area (Å²) >= 11 is 0. The second-order valence-electron chi connectivity index (χ2n) is 5.44. The molecule has 0 saturated heterocycles. The highest BCUT2D eigenvalue weighted by atomic mass is 16.5. The van der Waals surface area contributed by atoms with Crippen LogP contribution in [0.3, 0.4) is 0 Å². The van der Waals surface area contributed by atoms with Crippen LogP contribution in [0, 0.1) is 0 Å². The van der Waals surface area contributed by atoms with Gasteiger partial charge in [0.05, 0.1) is 11.8 Å². The zero-order valence-electron chi connectivity index (χ0n) is 13.1. The molecular formula is C17H23N3O. The average Bonchev–Trinajstić information content (AvgIpc) is 2.48. The molecule has 21 heavy (non-hydrogen) atoms. The first-order valence-corrected chi connectivity index (χ1v) is 7.35. The summed E-state index contributed by atoms with van der Waals surface area (Å²) in [6.07, 6.45) is 5.36. The van der Waals surface area contributed by atoms with Gasteiger partial charge in [0.2, 0.25) is 0 Å². The number of nitrogens with one attached hydrogen (secondary N) is 1. The molecule has 0 radical (unpaired) electrons. The average molecular weight is 285 g/mol. The van der Waals surface area contributed by atoms with E-state index in [0.717, 1.165) is 17.0 Å². The molecular weight excluding hydrogens is 262 g/mol. The predicted molar refractivity (Wildman–Crippen MR) is 84.2 cm³/mol. The van der Waals surface area contributed by atoms with Gasteiger partial charge in [-0.1, -0.05) is 18.2 Å². The molecule has 112 valence electrons. The van der Waals surface area contributed by atoms with E-state index in [2.05, 4.69) is 35.2 Å². The topological polar surface area (TPSA) is 47.0 Å². The summed E-state index contributed by atoms with van der Waals surface area (Å²) in [7, 11) is 0. The molecule has 1 N–H and O–H groups in total. The number of rotatable bonds is 6. The van der Waals surface area contributed by atoms with Gasteiger partial charge < -0.3 is 10.1 Å². The van der Waals surface area contributed by atoms with Gasteiger partial charge in [0.25, 0.3) is 0 Å². The maximum absolute atomic E-state index is 5.89. The van der Waals surface area contributed by atoms with E-state index in [1.54, 1.807) is 18.6 Å². The Morgan fingerprint density at radius 2 is 1.76 bits per heavy atom. The normalized spacial score (nSPS) is 14.0. The molecule has 0 saturated carbocycles. The molecule has 0 bridgehead atoms. The van der Waals surface area contributed by atoms with Gasteiger partial charge in [0.15, 0.2) is 0 Å². The van der Waals surface area contributed by atoms with Crippen molar-refractivity contribution in [1.82, 2.24) is 15.3 Å². The lowest BCUT2D eigenvalue weighted by Crippen LogP contribution is -2.24. The SMILES string of the molecule is CC(C)Oc1ccccc1C(C)NC(C)c1cnccn1. The fraction of sp³-hybridized carbons (Fsp3) is 0.412. The summed E-state index contributed by atoms with van der Waals surface area (Å²) in [4.78, 5) is 8.46. The number of benzene rings is 1. The predicted octanol–water partition coefficient (Wildman–Crippen LogP) is 3.68. The van der Waals surface area contributed by atoms with Crippen LogP contribution < -0.4 is 10.1 Å². The third-order valence-corrected chi connectivity index (χ3v) is 3.27. The van der Waals surface area contributed by atoms with Gasteiger partial charge in [-0.25, -0.2) is 0 Å². The molecule has 4 heteroatoms. The van der Waals surface area contributed by atoms with Crippen molar-refractivity contribution in [2.75, 3.05) is 0 Å². The Hall–Kier alpha value is -1.94. The van der Waals surface area contributed by atoms with Crippen LogP contribution in [0.1, 0.15) is 51.0 Å². The Bertz CT molecular complexity index is 557. The second-order valence-corrected chi connectivity index (χ2v) is 5.44. The number of ether oxygens (including phenoxy) is 1. The molecule has 2 rings (SSSR count). The van der Waals surface area contributed by atoms with E-state index in [1.807, 2.05) is 32.0 Å². The Balaban J connectivity index is 2.11. The molecule has 0 aliphatic heterocycles. The quantitative estimate of drug-likeness (QED) is 0.879. The van der Waals surface area contributed by atoms with Crippen LogP contribution in [-0.2, 0) is 0 Å². The van der Waals surface area contributed by atoms with Crippen molar-refractivity contribution < 1.29 is 4.74 Å². The molecule has 1 aromatic heterocycles. The molecule has 4 nitrogen and oxygen atoms in total. The standard InChI is InChI=1S/C17H23N3O/c1-12(2)21-17-8-6-5-7-15(17)13(3)20-14(4)16-11-18-9-10-19-16/h5-14,20H,1-4H3. The van der Waals surface area contributed by atoms with Gasteiger partial charge in [0, 0.05) is 36.2 Å². The Morgan fingerprint density at radius 3 is 2.43 bits per heavy atom. The van der Waals surface area contributed by atoms with E-state index >= 15 is 0 Å². The van der Waals surface area contributed by atoms with Crippen molar-refractivity contribution in [2.45, 2.75) is 45.9 Å². The Kier molecular flexibility index (Phi) is 5.28. The minimum Gasteiger partial charge on any atom is -0.491 e. The van der Waals surface area contributed by atoms with Crippen molar-refractivity contribution in [2.24, 2.45) is 0 Å². The summed E-state index contributed by atoms with van der Waals surface area (Å²) < 4.78 is 5.89. The van der Waals surface area contributed by atoms with E-state index in [0.29, 0.717) is 0 Å². The zero-order valence-corrected chi connectivity index (χ0v) is 13.1. The van der Waals surface area contributed by atoms with Gasteiger partial charge in [-0.05, 0) is 33.8 Å². The van der Waals surface area contributed by atoms with E-state index < -0.39 is 0 Å². The van der Waals surface area contributed by atoms with Crippen LogP contribution in [0.5, 0.6) is 5.75 Å². The molecule has 2 atom stereocenters. The highest BCUT2D eigenvalue weighted by Gasteiger charge is 2.16. The summed E-state index contributed by atoms with van der Waals surface area (Å²) in [5, 5.41) is 3.54. The highest BCUT2D eigenvalue weighted by Crippen LogP contribution is 2.27. The van der Waals surface area contributed by atoms with Crippen molar-refractivity contribution in [3.8, 4) is 5.75 Å². The molecule has 0 aliphatic carbocycles. The van der Waals surface area contributed by atoms with Gasteiger partial charge in [-0.15, -0.1) is 0 Å². The molecule has 0 aliphatic rings. The lowest BCUT2D eigenvalue weighted by Gasteiger charge is -2.23. The molecule has 2 unspecified atom stereocenters. The number of para-hydroxylation sites is 1. The fourth-order valence-electron chi connectivity index (χ4n) is 2.28. The summed E-state index contributed by atoms with van der Waals surface area (Å²) in [5.41, 5.74) is 2.09. The van der Waals surface area contributed by atoms with Crippen LogP contribution in [0.4, 0.5) is 0 Å². The zero-order chi connectivity index (χ0) is 15.2.